The Morgan fingerprint density at radius 2 is 1.74 bits per heavy atom. The van der Waals surface area contributed by atoms with Crippen molar-refractivity contribution in [2.45, 2.75) is 44.5 Å². The summed E-state index contributed by atoms with van der Waals surface area (Å²) in [6, 6.07) is 4.31. The molecule has 0 fully saturated rings. The molecule has 2 heterocycles. The summed E-state index contributed by atoms with van der Waals surface area (Å²) in [4.78, 5) is 16.5. The van der Waals surface area contributed by atoms with Gasteiger partial charge in [-0.3, -0.25) is 4.79 Å². The molecule has 3 rings (SSSR count). The lowest BCUT2D eigenvalue weighted by atomic mass is 10.1. The van der Waals surface area contributed by atoms with Crippen LogP contribution in [0, 0.1) is 0 Å². The van der Waals surface area contributed by atoms with Crippen LogP contribution in [0.1, 0.15) is 53.7 Å². The molecule has 6 nitrogen and oxygen atoms in total. The van der Waals surface area contributed by atoms with E-state index in [1.807, 2.05) is 0 Å². The average molecular weight is 520 g/mol. The highest BCUT2D eigenvalue weighted by atomic mass is 32.1. The molecule has 2 aromatic heterocycles. The Morgan fingerprint density at radius 1 is 1.03 bits per heavy atom. The number of carbonyl (C=O) groups is 1. The highest BCUT2D eigenvalue weighted by Crippen LogP contribution is 2.36. The van der Waals surface area contributed by atoms with Gasteiger partial charge in [-0.2, -0.15) is 31.4 Å². The van der Waals surface area contributed by atoms with Crippen molar-refractivity contribution in [2.24, 2.45) is 5.73 Å². The van der Waals surface area contributed by atoms with Gasteiger partial charge in [0.1, 0.15) is 0 Å². The van der Waals surface area contributed by atoms with Crippen molar-refractivity contribution >= 4 is 17.2 Å². The third kappa shape index (κ3) is 6.82. The van der Waals surface area contributed by atoms with Crippen LogP contribution in [0.2, 0.25) is 0 Å². The van der Waals surface area contributed by atoms with Crippen molar-refractivity contribution in [3.05, 3.63) is 52.7 Å². The number of aromatic nitrogens is 3. The highest BCUT2D eigenvalue weighted by molar-refractivity contribution is 7.12. The monoisotopic (exact) mass is 519 g/mol. The van der Waals surface area contributed by atoms with Crippen molar-refractivity contribution in [2.75, 3.05) is 13.1 Å². The zero-order valence-electron chi connectivity index (χ0n) is 18.4. The molecule has 190 valence electrons. The Hall–Kier alpha value is -2.93. The van der Waals surface area contributed by atoms with Gasteiger partial charge in [-0.25, -0.2) is 9.67 Å². The number of nitrogens with two attached hydrogens (primary N) is 1. The molecular formula is C22H23F6N5OS. The molecule has 0 saturated carbocycles. The molecule has 0 spiro atoms. The lowest BCUT2D eigenvalue weighted by Crippen LogP contribution is -2.27. The number of benzene rings is 1. The van der Waals surface area contributed by atoms with Crippen LogP contribution in [0.3, 0.4) is 0 Å². The second kappa shape index (κ2) is 11.2. The fourth-order valence-electron chi connectivity index (χ4n) is 3.38. The maximum absolute atomic E-state index is 13.9. The average Bonchev–Trinajstić information content (AvgIpc) is 3.45. The Morgan fingerprint density at radius 3 is 2.43 bits per heavy atom. The number of nitrogens with one attached hydrogen (secondary N) is 1. The van der Waals surface area contributed by atoms with E-state index >= 15 is 0 Å². The summed E-state index contributed by atoms with van der Waals surface area (Å²) < 4.78 is 81.1. The molecule has 0 bridgehead atoms. The van der Waals surface area contributed by atoms with E-state index in [1.165, 1.54) is 17.5 Å². The number of amides is 1. The third-order valence-electron chi connectivity index (χ3n) is 5.11. The van der Waals surface area contributed by atoms with Gasteiger partial charge >= 0.3 is 12.4 Å². The third-order valence-corrected chi connectivity index (χ3v) is 5.92. The van der Waals surface area contributed by atoms with Gasteiger partial charge in [-0.1, -0.05) is 31.4 Å². The fourth-order valence-corrected chi connectivity index (χ4v) is 4.17. The van der Waals surface area contributed by atoms with E-state index < -0.39 is 35.1 Å². The van der Waals surface area contributed by atoms with Gasteiger partial charge in [0.2, 0.25) is 5.13 Å². The molecule has 0 aliphatic carbocycles. The predicted octanol–water partition coefficient (Wildman–Crippen LogP) is 5.67. The van der Waals surface area contributed by atoms with Crippen LogP contribution in [0.4, 0.5) is 26.3 Å². The predicted molar refractivity (Wildman–Crippen MR) is 119 cm³/mol. The molecule has 35 heavy (non-hydrogen) atoms. The summed E-state index contributed by atoms with van der Waals surface area (Å²) in [5, 5.41) is 7.28. The lowest BCUT2D eigenvalue weighted by Gasteiger charge is -2.11. The summed E-state index contributed by atoms with van der Waals surface area (Å²) in [5.74, 6) is -0.916. The quantitative estimate of drug-likeness (QED) is 0.267. The standard InChI is InChI=1S/C22H23F6N5OS/c23-21(24,25)15-8-6-7-14(11-15)17-13-35-20(32-17)33-18(22(26,27)28)16(12-31-33)19(34)30-10-5-3-1-2-4-9-29/h6-8,11-13H,1-5,9-10,29H2,(H,30,34). The zero-order valence-corrected chi connectivity index (χ0v) is 19.2. The van der Waals surface area contributed by atoms with Crippen LogP contribution < -0.4 is 11.1 Å². The van der Waals surface area contributed by atoms with E-state index in [2.05, 4.69) is 15.4 Å². The number of rotatable bonds is 10. The van der Waals surface area contributed by atoms with E-state index in [9.17, 15) is 31.1 Å². The Bertz CT molecular complexity index is 1140. The Kier molecular flexibility index (Phi) is 8.54. The van der Waals surface area contributed by atoms with Crippen LogP contribution >= 0.6 is 11.3 Å². The van der Waals surface area contributed by atoms with Gasteiger partial charge in [0.15, 0.2) is 5.69 Å². The second-order valence-electron chi connectivity index (χ2n) is 7.72. The molecule has 1 amide bonds. The topological polar surface area (TPSA) is 85.8 Å². The first-order chi connectivity index (χ1) is 16.5. The minimum Gasteiger partial charge on any atom is -0.352 e. The van der Waals surface area contributed by atoms with Crippen molar-refractivity contribution in [1.29, 1.82) is 0 Å². The molecule has 3 N–H and O–H groups in total. The highest BCUT2D eigenvalue weighted by Gasteiger charge is 2.41. The number of halogens is 6. The van der Waals surface area contributed by atoms with Gasteiger partial charge in [0.25, 0.3) is 5.91 Å². The summed E-state index contributed by atoms with van der Waals surface area (Å²) in [6.07, 6.45) is -4.51. The van der Waals surface area contributed by atoms with Crippen molar-refractivity contribution < 1.29 is 31.1 Å². The minimum absolute atomic E-state index is 0.0559. The van der Waals surface area contributed by atoms with E-state index in [-0.39, 0.29) is 22.9 Å². The summed E-state index contributed by atoms with van der Waals surface area (Å²) in [6.45, 7) is 0.808. The van der Waals surface area contributed by atoms with Crippen LogP contribution in [0.5, 0.6) is 0 Å². The number of carbonyl (C=O) groups excluding carboxylic acids is 1. The van der Waals surface area contributed by atoms with Crippen LogP contribution in [-0.4, -0.2) is 33.8 Å². The molecule has 0 aliphatic rings. The number of unbranched alkanes of at least 4 members (excludes halogenated alkanes) is 4. The van der Waals surface area contributed by atoms with Crippen molar-refractivity contribution in [3.63, 3.8) is 0 Å². The van der Waals surface area contributed by atoms with Gasteiger partial charge < -0.3 is 11.1 Å². The summed E-state index contributed by atoms with van der Waals surface area (Å²) in [7, 11) is 0. The first-order valence-electron chi connectivity index (χ1n) is 10.8. The fraction of sp³-hybridized carbons (Fsp3) is 0.409. The molecular weight excluding hydrogens is 496 g/mol. The SMILES string of the molecule is NCCCCCCCNC(=O)c1cnn(-c2nc(-c3cccc(C(F)(F)F)c3)cs2)c1C(F)(F)F. The molecule has 0 saturated heterocycles. The molecule has 13 heteroatoms. The number of thiazole rings is 1. The number of alkyl halides is 6. The van der Waals surface area contributed by atoms with Crippen LogP contribution in [0.15, 0.2) is 35.8 Å². The molecule has 0 atom stereocenters. The summed E-state index contributed by atoms with van der Waals surface area (Å²) >= 11 is 0.765. The first-order valence-corrected chi connectivity index (χ1v) is 11.7. The van der Waals surface area contributed by atoms with Crippen molar-refractivity contribution in [1.82, 2.24) is 20.1 Å². The van der Waals surface area contributed by atoms with Crippen molar-refractivity contribution in [3.8, 4) is 16.4 Å². The van der Waals surface area contributed by atoms with E-state index in [0.717, 1.165) is 55.3 Å². The van der Waals surface area contributed by atoms with Crippen LogP contribution in [-0.2, 0) is 12.4 Å². The second-order valence-corrected chi connectivity index (χ2v) is 8.56. The lowest BCUT2D eigenvalue weighted by molar-refractivity contribution is -0.143. The largest absolute Gasteiger partial charge is 0.434 e. The zero-order chi connectivity index (χ0) is 25.6. The molecule has 0 aliphatic heterocycles. The van der Waals surface area contributed by atoms with Gasteiger partial charge in [-0.05, 0) is 31.5 Å². The molecule has 0 radical (unpaired) electrons. The van der Waals surface area contributed by atoms with Gasteiger partial charge in [0, 0.05) is 17.5 Å². The normalized spacial score (nSPS) is 12.2. The Labute approximate surface area is 201 Å². The maximum Gasteiger partial charge on any atom is 0.434 e. The van der Waals surface area contributed by atoms with Crippen LogP contribution in [0.25, 0.3) is 16.4 Å². The minimum atomic E-state index is -4.92. The smallest absolute Gasteiger partial charge is 0.352 e. The maximum atomic E-state index is 13.9. The molecule has 0 unspecified atom stereocenters. The number of hydrogen-bond acceptors (Lipinski definition) is 5. The van der Waals surface area contributed by atoms with E-state index in [0.29, 0.717) is 17.6 Å². The Balaban J connectivity index is 1.79. The molecule has 1 aromatic carbocycles. The first kappa shape index (κ1) is 26.7. The van der Waals surface area contributed by atoms with E-state index in [1.54, 1.807) is 0 Å². The number of nitrogens with zero attached hydrogens (tertiary/aromatic N) is 3. The number of hydrogen-bond donors (Lipinski definition) is 2. The molecule has 3 aromatic rings. The van der Waals surface area contributed by atoms with Gasteiger partial charge in [0.05, 0.1) is 23.0 Å². The van der Waals surface area contributed by atoms with Gasteiger partial charge in [-0.15, -0.1) is 11.3 Å². The van der Waals surface area contributed by atoms with E-state index in [4.69, 9.17) is 5.73 Å². The summed E-state index contributed by atoms with van der Waals surface area (Å²) in [5.41, 5.74) is 2.70.